The average Bonchev–Trinajstić information content (AvgIpc) is 2.47. The highest BCUT2D eigenvalue weighted by atomic mass is 16.5. The Bertz CT molecular complexity index is 553. The van der Waals surface area contributed by atoms with Gasteiger partial charge in [-0.15, -0.1) is 0 Å². The van der Waals surface area contributed by atoms with Crippen LogP contribution in [0.4, 0.5) is 0 Å². The van der Waals surface area contributed by atoms with Crippen molar-refractivity contribution in [2.24, 2.45) is 0 Å². The molecule has 0 unspecified atom stereocenters. The molecule has 2 rings (SSSR count). The first-order chi connectivity index (χ1) is 9.72. The number of ether oxygens (including phenoxy) is 2. The summed E-state index contributed by atoms with van der Waals surface area (Å²) in [6.45, 7) is 5.86. The Labute approximate surface area is 119 Å². The molecule has 0 saturated heterocycles. The first kappa shape index (κ1) is 14.3. The van der Waals surface area contributed by atoms with Crippen LogP contribution in [0.5, 0.6) is 17.4 Å². The van der Waals surface area contributed by atoms with Crippen LogP contribution < -0.4 is 14.8 Å². The maximum Gasteiger partial charge on any atom is 0.219 e. The predicted molar refractivity (Wildman–Crippen MR) is 79.4 cm³/mol. The summed E-state index contributed by atoms with van der Waals surface area (Å²) in [5.41, 5.74) is 2.17. The SMILES string of the molecule is CCNCc1ccc(Oc2ccc(OC)cc2)nc1C. The molecule has 0 aliphatic carbocycles. The van der Waals surface area contributed by atoms with E-state index in [1.165, 1.54) is 5.56 Å². The molecule has 0 saturated carbocycles. The second kappa shape index (κ2) is 6.91. The van der Waals surface area contributed by atoms with Gasteiger partial charge in [-0.3, -0.25) is 0 Å². The fourth-order valence-electron chi connectivity index (χ4n) is 1.83. The minimum absolute atomic E-state index is 0.605. The van der Waals surface area contributed by atoms with Crippen LogP contribution in [-0.4, -0.2) is 18.6 Å². The number of nitrogens with one attached hydrogen (secondary N) is 1. The summed E-state index contributed by atoms with van der Waals surface area (Å²) in [7, 11) is 1.64. The second-order valence-corrected chi connectivity index (χ2v) is 4.45. The number of pyridine rings is 1. The summed E-state index contributed by atoms with van der Waals surface area (Å²) < 4.78 is 10.8. The normalized spacial score (nSPS) is 10.3. The lowest BCUT2D eigenvalue weighted by molar-refractivity contribution is 0.412. The van der Waals surface area contributed by atoms with Gasteiger partial charge in [-0.25, -0.2) is 4.98 Å². The molecule has 0 fully saturated rings. The van der Waals surface area contributed by atoms with Gasteiger partial charge < -0.3 is 14.8 Å². The summed E-state index contributed by atoms with van der Waals surface area (Å²) in [6.07, 6.45) is 0. The lowest BCUT2D eigenvalue weighted by Crippen LogP contribution is -2.13. The topological polar surface area (TPSA) is 43.4 Å². The van der Waals surface area contributed by atoms with Crippen LogP contribution in [0.3, 0.4) is 0 Å². The second-order valence-electron chi connectivity index (χ2n) is 4.45. The van der Waals surface area contributed by atoms with Gasteiger partial charge in [-0.05, 0) is 43.3 Å². The molecule has 0 spiro atoms. The third-order valence-corrected chi connectivity index (χ3v) is 3.02. The van der Waals surface area contributed by atoms with Crippen molar-refractivity contribution in [2.75, 3.05) is 13.7 Å². The van der Waals surface area contributed by atoms with E-state index in [1.807, 2.05) is 43.3 Å². The minimum Gasteiger partial charge on any atom is -0.497 e. The molecular formula is C16H20N2O2. The van der Waals surface area contributed by atoms with Gasteiger partial charge in [-0.2, -0.15) is 0 Å². The van der Waals surface area contributed by atoms with E-state index in [4.69, 9.17) is 9.47 Å². The van der Waals surface area contributed by atoms with Crippen molar-refractivity contribution in [3.05, 3.63) is 47.7 Å². The van der Waals surface area contributed by atoms with Gasteiger partial charge >= 0.3 is 0 Å². The first-order valence-corrected chi connectivity index (χ1v) is 6.72. The number of hydrogen-bond donors (Lipinski definition) is 1. The Balaban J connectivity index is 2.07. The Morgan fingerprint density at radius 1 is 1.05 bits per heavy atom. The fourth-order valence-corrected chi connectivity index (χ4v) is 1.83. The van der Waals surface area contributed by atoms with E-state index in [0.29, 0.717) is 5.88 Å². The monoisotopic (exact) mass is 272 g/mol. The maximum absolute atomic E-state index is 5.73. The third kappa shape index (κ3) is 3.71. The van der Waals surface area contributed by atoms with Gasteiger partial charge in [0.2, 0.25) is 5.88 Å². The van der Waals surface area contributed by atoms with Crippen molar-refractivity contribution >= 4 is 0 Å². The molecule has 0 radical (unpaired) electrons. The number of aromatic nitrogens is 1. The van der Waals surface area contributed by atoms with Gasteiger partial charge in [0.15, 0.2) is 0 Å². The zero-order chi connectivity index (χ0) is 14.4. The summed E-state index contributed by atoms with van der Waals surface area (Å²) >= 11 is 0. The molecule has 0 bridgehead atoms. The number of methoxy groups -OCH3 is 1. The van der Waals surface area contributed by atoms with Crippen LogP contribution in [0.2, 0.25) is 0 Å². The van der Waals surface area contributed by atoms with Crippen molar-refractivity contribution in [3.63, 3.8) is 0 Å². The van der Waals surface area contributed by atoms with Crippen molar-refractivity contribution in [2.45, 2.75) is 20.4 Å². The van der Waals surface area contributed by atoms with Crippen LogP contribution in [0.25, 0.3) is 0 Å². The molecule has 1 aromatic carbocycles. The van der Waals surface area contributed by atoms with Gasteiger partial charge in [-0.1, -0.05) is 13.0 Å². The highest BCUT2D eigenvalue weighted by Crippen LogP contribution is 2.23. The van der Waals surface area contributed by atoms with E-state index < -0.39 is 0 Å². The van der Waals surface area contributed by atoms with Gasteiger partial charge in [0.1, 0.15) is 11.5 Å². The Morgan fingerprint density at radius 3 is 2.35 bits per heavy atom. The van der Waals surface area contributed by atoms with Crippen LogP contribution >= 0.6 is 0 Å². The maximum atomic E-state index is 5.73. The minimum atomic E-state index is 0.605. The van der Waals surface area contributed by atoms with E-state index in [9.17, 15) is 0 Å². The molecule has 0 amide bonds. The van der Waals surface area contributed by atoms with Crippen molar-refractivity contribution in [1.82, 2.24) is 10.3 Å². The Hall–Kier alpha value is -2.07. The van der Waals surface area contributed by atoms with Crippen LogP contribution in [0.15, 0.2) is 36.4 Å². The summed E-state index contributed by atoms with van der Waals surface area (Å²) in [5.74, 6) is 2.16. The molecule has 0 aliphatic rings. The molecule has 4 heteroatoms. The van der Waals surface area contributed by atoms with E-state index >= 15 is 0 Å². The fraction of sp³-hybridized carbons (Fsp3) is 0.312. The molecule has 20 heavy (non-hydrogen) atoms. The van der Waals surface area contributed by atoms with E-state index in [2.05, 4.69) is 17.2 Å². The predicted octanol–water partition coefficient (Wildman–Crippen LogP) is 3.30. The molecule has 0 aliphatic heterocycles. The Kier molecular flexibility index (Phi) is 4.96. The smallest absolute Gasteiger partial charge is 0.219 e. The van der Waals surface area contributed by atoms with Crippen molar-refractivity contribution in [3.8, 4) is 17.4 Å². The Morgan fingerprint density at radius 2 is 1.75 bits per heavy atom. The third-order valence-electron chi connectivity index (χ3n) is 3.02. The molecule has 1 heterocycles. The van der Waals surface area contributed by atoms with Crippen LogP contribution in [0.1, 0.15) is 18.2 Å². The van der Waals surface area contributed by atoms with E-state index in [0.717, 1.165) is 30.3 Å². The number of rotatable bonds is 6. The number of nitrogens with zero attached hydrogens (tertiary/aromatic N) is 1. The highest BCUT2D eigenvalue weighted by molar-refractivity contribution is 5.34. The van der Waals surface area contributed by atoms with Crippen molar-refractivity contribution < 1.29 is 9.47 Å². The number of hydrogen-bond acceptors (Lipinski definition) is 4. The number of benzene rings is 1. The zero-order valence-electron chi connectivity index (χ0n) is 12.1. The summed E-state index contributed by atoms with van der Waals surface area (Å²) in [5, 5.41) is 3.29. The molecule has 0 atom stereocenters. The van der Waals surface area contributed by atoms with Gasteiger partial charge in [0.25, 0.3) is 0 Å². The largest absolute Gasteiger partial charge is 0.497 e. The molecule has 2 aromatic rings. The van der Waals surface area contributed by atoms with Crippen molar-refractivity contribution in [1.29, 1.82) is 0 Å². The summed E-state index contributed by atoms with van der Waals surface area (Å²) in [4.78, 5) is 4.47. The highest BCUT2D eigenvalue weighted by Gasteiger charge is 2.04. The molecule has 1 aromatic heterocycles. The zero-order valence-corrected chi connectivity index (χ0v) is 12.1. The molecule has 1 N–H and O–H groups in total. The van der Waals surface area contributed by atoms with Crippen LogP contribution in [-0.2, 0) is 6.54 Å². The van der Waals surface area contributed by atoms with E-state index in [-0.39, 0.29) is 0 Å². The molecule has 106 valence electrons. The van der Waals surface area contributed by atoms with Gasteiger partial charge in [0.05, 0.1) is 7.11 Å². The quantitative estimate of drug-likeness (QED) is 0.876. The average molecular weight is 272 g/mol. The first-order valence-electron chi connectivity index (χ1n) is 6.72. The van der Waals surface area contributed by atoms with Gasteiger partial charge in [0, 0.05) is 18.3 Å². The molecule has 4 nitrogen and oxygen atoms in total. The van der Waals surface area contributed by atoms with E-state index in [1.54, 1.807) is 7.11 Å². The number of aryl methyl sites for hydroxylation is 1. The lowest BCUT2D eigenvalue weighted by atomic mass is 10.2. The lowest BCUT2D eigenvalue weighted by Gasteiger charge is -2.09. The standard InChI is InChI=1S/C16H20N2O2/c1-4-17-11-13-5-10-16(18-12(13)2)20-15-8-6-14(19-3)7-9-15/h5-10,17H,4,11H2,1-3H3. The molecular weight excluding hydrogens is 252 g/mol. The van der Waals surface area contributed by atoms with Crippen LogP contribution in [0, 0.1) is 6.92 Å². The summed E-state index contributed by atoms with van der Waals surface area (Å²) in [6, 6.07) is 11.4.